The largest absolute Gasteiger partial charge is 0.369 e. The van der Waals surface area contributed by atoms with Crippen LogP contribution in [0.2, 0.25) is 0 Å². The van der Waals surface area contributed by atoms with Gasteiger partial charge in [-0.15, -0.1) is 11.3 Å². The molecule has 5 nitrogen and oxygen atoms in total. The average molecular weight is 473 g/mol. The summed E-state index contributed by atoms with van der Waals surface area (Å²) in [5, 5.41) is 9.45. The lowest BCUT2D eigenvalue weighted by Crippen LogP contribution is -2.52. The lowest BCUT2D eigenvalue weighted by Gasteiger charge is -2.40. The molecule has 0 aliphatic carbocycles. The molecule has 0 spiro atoms. The summed E-state index contributed by atoms with van der Waals surface area (Å²) < 4.78 is 0. The number of benzene rings is 2. The number of aliphatic imine (C=N–C) groups is 1. The number of likely N-dealkylation sites (N-methyl/N-ethyl adjacent to an activating group) is 1. The Bertz CT molecular complexity index is 1220. The van der Waals surface area contributed by atoms with Gasteiger partial charge in [0, 0.05) is 18.8 Å². The highest BCUT2D eigenvalue weighted by atomic mass is 32.1. The van der Waals surface area contributed by atoms with E-state index in [0.29, 0.717) is 0 Å². The maximum Gasteiger partial charge on any atom is 0.239 e. The van der Waals surface area contributed by atoms with Gasteiger partial charge in [0.1, 0.15) is 5.54 Å². The summed E-state index contributed by atoms with van der Waals surface area (Å²) in [6.07, 6.45) is 0. The molecule has 0 saturated heterocycles. The van der Waals surface area contributed by atoms with Crippen molar-refractivity contribution < 1.29 is 4.79 Å². The van der Waals surface area contributed by atoms with Gasteiger partial charge in [0.2, 0.25) is 5.91 Å². The second-order valence-corrected chi connectivity index (χ2v) is 10.5. The Morgan fingerprint density at radius 1 is 1.09 bits per heavy atom. The minimum absolute atomic E-state index is 0.0341. The Balaban J connectivity index is 0.00000103. The molecule has 176 valence electrons. The molecule has 1 aliphatic heterocycles. The molecule has 1 aliphatic rings. The van der Waals surface area contributed by atoms with Crippen molar-refractivity contribution in [1.29, 1.82) is 5.26 Å². The quantitative estimate of drug-likeness (QED) is 0.505. The van der Waals surface area contributed by atoms with Crippen molar-refractivity contribution in [2.24, 2.45) is 10.7 Å². The van der Waals surface area contributed by atoms with Crippen molar-refractivity contribution in [2.45, 2.75) is 51.5 Å². The van der Waals surface area contributed by atoms with Crippen LogP contribution in [0.3, 0.4) is 0 Å². The Morgan fingerprint density at radius 2 is 1.68 bits per heavy atom. The van der Waals surface area contributed by atoms with E-state index in [4.69, 9.17) is 16.0 Å². The summed E-state index contributed by atoms with van der Waals surface area (Å²) >= 11 is 1.63. The SMILES string of the molecule is CC#N.CN1C(=O)C(c2ccc(C(C)(C)C)cc2)C(C)(c2cc(-c3ccccc3)cs2)N=C1N. The fourth-order valence-corrected chi connectivity index (χ4v) is 5.20. The van der Waals surface area contributed by atoms with E-state index in [1.165, 1.54) is 17.4 Å². The average Bonchev–Trinajstić information content (AvgIpc) is 3.30. The number of amides is 1. The Kier molecular flexibility index (Phi) is 7.28. The van der Waals surface area contributed by atoms with Gasteiger partial charge in [-0.1, -0.05) is 75.4 Å². The van der Waals surface area contributed by atoms with Crippen molar-refractivity contribution in [2.75, 3.05) is 7.05 Å². The summed E-state index contributed by atoms with van der Waals surface area (Å²) in [6, 6.07) is 22.5. The standard InChI is InChI=1S/C26H29N3OS.C2H3N/c1-25(2,3)20-13-11-18(12-14-20)22-23(30)29(5)24(27)28-26(22,4)21-15-19(16-31-21)17-9-7-6-8-10-17;1-2-3/h6-16,22H,1-5H3,(H2,27,28);1H3. The van der Waals surface area contributed by atoms with Crippen LogP contribution < -0.4 is 5.73 Å². The number of rotatable bonds is 3. The number of carbonyl (C=O) groups is 1. The van der Waals surface area contributed by atoms with Gasteiger partial charge in [-0.25, -0.2) is 4.99 Å². The van der Waals surface area contributed by atoms with Gasteiger partial charge < -0.3 is 5.73 Å². The molecule has 0 fully saturated rings. The molecular formula is C28H32N4OS. The molecule has 34 heavy (non-hydrogen) atoms. The van der Waals surface area contributed by atoms with E-state index < -0.39 is 11.5 Å². The molecule has 2 unspecified atom stereocenters. The second kappa shape index (κ2) is 9.82. The molecule has 2 aromatic carbocycles. The van der Waals surface area contributed by atoms with Crippen LogP contribution in [0, 0.1) is 11.3 Å². The second-order valence-electron chi connectivity index (χ2n) is 9.61. The molecule has 2 N–H and O–H groups in total. The smallest absolute Gasteiger partial charge is 0.239 e. The van der Waals surface area contributed by atoms with Crippen molar-refractivity contribution >= 4 is 23.2 Å². The molecule has 1 aromatic heterocycles. The van der Waals surface area contributed by atoms with E-state index in [1.807, 2.05) is 25.1 Å². The maximum atomic E-state index is 13.5. The highest BCUT2D eigenvalue weighted by Crippen LogP contribution is 2.47. The van der Waals surface area contributed by atoms with Crippen LogP contribution in [0.15, 0.2) is 71.0 Å². The van der Waals surface area contributed by atoms with Crippen LogP contribution in [-0.4, -0.2) is 23.8 Å². The molecule has 2 atom stereocenters. The highest BCUT2D eigenvalue weighted by Gasteiger charge is 2.48. The van der Waals surface area contributed by atoms with E-state index in [-0.39, 0.29) is 17.3 Å². The summed E-state index contributed by atoms with van der Waals surface area (Å²) in [6.45, 7) is 10.0. The molecule has 1 amide bonds. The van der Waals surface area contributed by atoms with Crippen molar-refractivity contribution in [3.8, 4) is 17.2 Å². The van der Waals surface area contributed by atoms with E-state index in [1.54, 1.807) is 24.5 Å². The number of carbonyl (C=O) groups excluding carboxylic acids is 1. The van der Waals surface area contributed by atoms with Crippen LogP contribution >= 0.6 is 11.3 Å². The molecular weight excluding hydrogens is 440 g/mol. The first-order chi connectivity index (χ1) is 16.0. The first-order valence-electron chi connectivity index (χ1n) is 11.2. The zero-order valence-electron chi connectivity index (χ0n) is 20.7. The van der Waals surface area contributed by atoms with Crippen LogP contribution in [0.5, 0.6) is 0 Å². The van der Waals surface area contributed by atoms with E-state index in [0.717, 1.165) is 21.6 Å². The van der Waals surface area contributed by atoms with E-state index in [9.17, 15) is 4.79 Å². The number of nitrogens with zero attached hydrogens (tertiary/aromatic N) is 3. The molecule has 0 bridgehead atoms. The zero-order valence-corrected chi connectivity index (χ0v) is 21.5. The third-order valence-corrected chi connectivity index (χ3v) is 7.30. The Labute approximate surface area is 206 Å². The topological polar surface area (TPSA) is 82.5 Å². The monoisotopic (exact) mass is 472 g/mol. The molecule has 3 aromatic rings. The third-order valence-electron chi connectivity index (χ3n) is 6.15. The van der Waals surface area contributed by atoms with Crippen molar-refractivity contribution in [3.05, 3.63) is 82.0 Å². The third kappa shape index (κ3) is 4.90. The summed E-state index contributed by atoms with van der Waals surface area (Å²) in [7, 11) is 1.70. The van der Waals surface area contributed by atoms with Crippen LogP contribution in [0.1, 0.15) is 56.5 Å². The summed E-state index contributed by atoms with van der Waals surface area (Å²) in [5.74, 6) is -0.223. The molecule has 0 saturated carbocycles. The van der Waals surface area contributed by atoms with Crippen LogP contribution in [0.25, 0.3) is 11.1 Å². The molecule has 6 heteroatoms. The fraction of sp³-hybridized carbons (Fsp3) is 0.321. The van der Waals surface area contributed by atoms with Gasteiger partial charge in [-0.2, -0.15) is 5.26 Å². The zero-order chi connectivity index (χ0) is 25.1. The predicted molar refractivity (Wildman–Crippen MR) is 141 cm³/mol. The lowest BCUT2D eigenvalue weighted by molar-refractivity contribution is -0.130. The van der Waals surface area contributed by atoms with Crippen LogP contribution in [-0.2, 0) is 15.7 Å². The molecule has 2 heterocycles. The number of guanidine groups is 1. The van der Waals surface area contributed by atoms with Gasteiger partial charge >= 0.3 is 0 Å². The normalized spacial score (nSPS) is 20.1. The highest BCUT2D eigenvalue weighted by molar-refractivity contribution is 7.10. The Morgan fingerprint density at radius 3 is 2.24 bits per heavy atom. The van der Waals surface area contributed by atoms with Crippen LogP contribution in [0.4, 0.5) is 0 Å². The van der Waals surface area contributed by atoms with Gasteiger partial charge in [0.15, 0.2) is 5.96 Å². The number of hydrogen-bond acceptors (Lipinski definition) is 5. The fourth-order valence-electron chi connectivity index (χ4n) is 4.15. The Hall–Kier alpha value is -3.43. The first-order valence-corrected chi connectivity index (χ1v) is 12.1. The lowest BCUT2D eigenvalue weighted by atomic mass is 9.76. The number of hydrogen-bond donors (Lipinski definition) is 1. The number of thiophene rings is 1. The number of nitriles is 1. The van der Waals surface area contributed by atoms with E-state index in [2.05, 4.69) is 68.6 Å². The van der Waals surface area contributed by atoms with Gasteiger partial charge in [0.05, 0.1) is 12.0 Å². The molecule has 4 rings (SSSR count). The van der Waals surface area contributed by atoms with Gasteiger partial charge in [-0.05, 0) is 46.0 Å². The van der Waals surface area contributed by atoms with E-state index >= 15 is 0 Å². The maximum absolute atomic E-state index is 13.5. The number of nitrogens with two attached hydrogens (primary N) is 1. The molecule has 0 radical (unpaired) electrons. The summed E-state index contributed by atoms with van der Waals surface area (Å²) in [5.41, 5.74) is 9.93. The minimum Gasteiger partial charge on any atom is -0.369 e. The summed E-state index contributed by atoms with van der Waals surface area (Å²) in [4.78, 5) is 20.8. The predicted octanol–water partition coefficient (Wildman–Crippen LogP) is 6.03. The van der Waals surface area contributed by atoms with Crippen molar-refractivity contribution in [1.82, 2.24) is 4.90 Å². The van der Waals surface area contributed by atoms with Gasteiger partial charge in [-0.3, -0.25) is 9.69 Å². The van der Waals surface area contributed by atoms with Gasteiger partial charge in [0.25, 0.3) is 0 Å². The first kappa shape index (κ1) is 25.2. The van der Waals surface area contributed by atoms with Crippen molar-refractivity contribution in [3.63, 3.8) is 0 Å². The minimum atomic E-state index is -0.769.